The molecule has 0 fully saturated rings. The maximum absolute atomic E-state index is 14.8. The summed E-state index contributed by atoms with van der Waals surface area (Å²) < 4.78 is 41.4. The smallest absolute Gasteiger partial charge is 0.320 e. The largest absolute Gasteiger partial charge is 0.480 e. The Kier molecular flexibility index (Phi) is 6.52. The van der Waals surface area contributed by atoms with Crippen LogP contribution in [0, 0.1) is 5.92 Å². The third-order valence-electron chi connectivity index (χ3n) is 2.97. The zero-order chi connectivity index (χ0) is 17.1. The van der Waals surface area contributed by atoms with Gasteiger partial charge < -0.3 is 5.11 Å². The summed E-state index contributed by atoms with van der Waals surface area (Å²) in [5.74, 6) is -4.91. The lowest BCUT2D eigenvalue weighted by Crippen LogP contribution is -2.53. The fourth-order valence-corrected chi connectivity index (χ4v) is 2.51. The highest BCUT2D eigenvalue weighted by Crippen LogP contribution is 2.34. The van der Waals surface area contributed by atoms with Crippen LogP contribution < -0.4 is 5.32 Å². The van der Waals surface area contributed by atoms with Crippen LogP contribution in [-0.4, -0.2) is 23.5 Å². The zero-order valence-electron chi connectivity index (χ0n) is 11.9. The second-order valence-electron chi connectivity index (χ2n) is 5.34. The highest BCUT2D eigenvalue weighted by molar-refractivity contribution is 6.34. The Bertz CT molecular complexity index is 523. The molecule has 2 N–H and O–H groups in total. The van der Waals surface area contributed by atoms with Crippen LogP contribution in [-0.2, 0) is 10.6 Å². The van der Waals surface area contributed by atoms with Crippen LogP contribution in [0.3, 0.4) is 0 Å². The van der Waals surface area contributed by atoms with E-state index in [9.17, 15) is 18.0 Å². The third kappa shape index (κ3) is 4.76. The summed E-state index contributed by atoms with van der Waals surface area (Å²) >= 11 is 11.4. The highest BCUT2D eigenvalue weighted by atomic mass is 35.5. The first kappa shape index (κ1) is 19.1. The van der Waals surface area contributed by atoms with Crippen LogP contribution in [0.2, 0.25) is 10.0 Å². The van der Waals surface area contributed by atoms with E-state index in [0.29, 0.717) is 0 Å². The van der Waals surface area contributed by atoms with Crippen molar-refractivity contribution in [2.24, 2.45) is 5.92 Å². The Morgan fingerprint density at radius 1 is 1.27 bits per heavy atom. The average Bonchev–Trinajstić information content (AvgIpc) is 2.35. The van der Waals surface area contributed by atoms with Gasteiger partial charge in [-0.05, 0) is 30.5 Å². The second-order valence-corrected chi connectivity index (χ2v) is 6.21. The highest BCUT2D eigenvalue weighted by Gasteiger charge is 2.45. The van der Waals surface area contributed by atoms with Gasteiger partial charge in [0.25, 0.3) is 6.43 Å². The van der Waals surface area contributed by atoms with Gasteiger partial charge in [0, 0.05) is 15.6 Å². The van der Waals surface area contributed by atoms with Gasteiger partial charge in [-0.3, -0.25) is 10.1 Å². The molecule has 3 nitrogen and oxygen atoms in total. The molecule has 0 aliphatic carbocycles. The number of benzene rings is 1. The van der Waals surface area contributed by atoms with Gasteiger partial charge in [0.05, 0.1) is 0 Å². The lowest BCUT2D eigenvalue weighted by molar-refractivity contribution is -0.144. The number of halogens is 5. The quantitative estimate of drug-likeness (QED) is 0.707. The molecule has 22 heavy (non-hydrogen) atoms. The van der Waals surface area contributed by atoms with Crippen molar-refractivity contribution in [1.82, 2.24) is 5.32 Å². The van der Waals surface area contributed by atoms with Crippen molar-refractivity contribution in [3.05, 3.63) is 33.8 Å². The van der Waals surface area contributed by atoms with Gasteiger partial charge in [-0.1, -0.05) is 37.0 Å². The monoisotopic (exact) mass is 357 g/mol. The molecule has 0 radical (unpaired) electrons. The van der Waals surface area contributed by atoms with Crippen molar-refractivity contribution in [3.63, 3.8) is 0 Å². The molecule has 124 valence electrons. The maximum atomic E-state index is 14.8. The number of carboxylic acid groups (broad SMARTS) is 1. The van der Waals surface area contributed by atoms with Crippen molar-refractivity contribution in [3.8, 4) is 0 Å². The molecule has 0 heterocycles. The Morgan fingerprint density at radius 2 is 1.77 bits per heavy atom. The first-order chi connectivity index (χ1) is 10.1. The number of hydrogen-bond donors (Lipinski definition) is 2. The van der Waals surface area contributed by atoms with E-state index in [2.05, 4.69) is 0 Å². The standard InChI is InChI=1S/C14H16Cl2F3NO2/c1-7(2)3-11(12(21)22)20-14(19,13(17)18)8-4-9(15)6-10(16)5-8/h4-7,11,13,20H,3H2,1-2H3,(H,21,22)/t11-,14?/m0/s1. The topological polar surface area (TPSA) is 49.3 Å². The van der Waals surface area contributed by atoms with Crippen LogP contribution in [0.1, 0.15) is 25.8 Å². The summed E-state index contributed by atoms with van der Waals surface area (Å²) in [6.45, 7) is 3.41. The minimum Gasteiger partial charge on any atom is -0.480 e. The van der Waals surface area contributed by atoms with Gasteiger partial charge in [-0.25, -0.2) is 13.2 Å². The second kappa shape index (κ2) is 7.53. The van der Waals surface area contributed by atoms with Crippen molar-refractivity contribution in [1.29, 1.82) is 0 Å². The summed E-state index contributed by atoms with van der Waals surface area (Å²) in [5.41, 5.74) is -0.519. The molecule has 8 heteroatoms. The number of alkyl halides is 3. The average molecular weight is 358 g/mol. The lowest BCUT2D eigenvalue weighted by atomic mass is 9.99. The number of carboxylic acids is 1. The van der Waals surface area contributed by atoms with Gasteiger partial charge in [0.15, 0.2) is 0 Å². The van der Waals surface area contributed by atoms with Crippen LogP contribution in [0.25, 0.3) is 0 Å². The zero-order valence-corrected chi connectivity index (χ0v) is 13.4. The van der Waals surface area contributed by atoms with Crippen LogP contribution in [0.5, 0.6) is 0 Å². The minimum absolute atomic E-state index is 0.0119. The molecule has 1 aromatic rings. The fourth-order valence-electron chi connectivity index (χ4n) is 1.98. The molecule has 0 saturated carbocycles. The fraction of sp³-hybridized carbons (Fsp3) is 0.500. The van der Waals surface area contributed by atoms with E-state index < -0.39 is 29.8 Å². The Labute approximate surface area is 136 Å². The van der Waals surface area contributed by atoms with Crippen LogP contribution in [0.4, 0.5) is 13.2 Å². The third-order valence-corrected chi connectivity index (χ3v) is 3.41. The van der Waals surface area contributed by atoms with Gasteiger partial charge in [0.2, 0.25) is 5.79 Å². The van der Waals surface area contributed by atoms with Crippen LogP contribution in [0.15, 0.2) is 18.2 Å². The van der Waals surface area contributed by atoms with E-state index >= 15 is 0 Å². The molecule has 1 unspecified atom stereocenters. The van der Waals surface area contributed by atoms with Crippen molar-refractivity contribution >= 4 is 29.2 Å². The first-order valence-electron chi connectivity index (χ1n) is 6.50. The number of rotatable bonds is 7. The minimum atomic E-state index is -3.50. The van der Waals surface area contributed by atoms with Crippen molar-refractivity contribution in [2.75, 3.05) is 0 Å². The number of nitrogens with one attached hydrogen (secondary N) is 1. The summed E-state index contributed by atoms with van der Waals surface area (Å²) in [6, 6.07) is 1.76. The van der Waals surface area contributed by atoms with Crippen molar-refractivity contribution < 1.29 is 23.1 Å². The predicted octanol–water partition coefficient (Wildman–Crippen LogP) is 4.47. The Hall–Kier alpha value is -0.980. The number of aliphatic carboxylic acids is 1. The maximum Gasteiger partial charge on any atom is 0.320 e. The van der Waals surface area contributed by atoms with Gasteiger partial charge in [-0.15, -0.1) is 0 Å². The Balaban J connectivity index is 3.21. The van der Waals surface area contributed by atoms with E-state index in [1.54, 1.807) is 13.8 Å². The molecule has 0 spiro atoms. The molecule has 0 saturated heterocycles. The van der Waals surface area contributed by atoms with E-state index in [0.717, 1.165) is 12.1 Å². The summed E-state index contributed by atoms with van der Waals surface area (Å²) in [4.78, 5) is 11.2. The number of hydrogen-bond acceptors (Lipinski definition) is 2. The molecule has 0 bridgehead atoms. The number of carbonyl (C=O) groups is 1. The van der Waals surface area contributed by atoms with E-state index in [-0.39, 0.29) is 22.4 Å². The molecule has 1 rings (SSSR count). The molecular formula is C14H16Cl2F3NO2. The summed E-state index contributed by atoms with van der Waals surface area (Å²) in [5, 5.41) is 10.9. The van der Waals surface area contributed by atoms with Gasteiger partial charge in [-0.2, -0.15) is 0 Å². The Morgan fingerprint density at radius 3 is 2.14 bits per heavy atom. The molecule has 0 amide bonds. The normalized spacial score (nSPS) is 15.9. The first-order valence-corrected chi connectivity index (χ1v) is 7.26. The van der Waals surface area contributed by atoms with E-state index in [1.165, 1.54) is 6.07 Å². The molecular weight excluding hydrogens is 342 g/mol. The van der Waals surface area contributed by atoms with Gasteiger partial charge in [0.1, 0.15) is 6.04 Å². The molecule has 1 aromatic carbocycles. The summed E-state index contributed by atoms with van der Waals surface area (Å²) in [6.07, 6.45) is -3.52. The molecule has 2 atom stereocenters. The van der Waals surface area contributed by atoms with Crippen molar-refractivity contribution in [2.45, 2.75) is 38.5 Å². The van der Waals surface area contributed by atoms with Crippen LogP contribution >= 0.6 is 23.2 Å². The molecule has 0 aromatic heterocycles. The predicted molar refractivity (Wildman–Crippen MR) is 79.3 cm³/mol. The molecule has 0 aliphatic rings. The molecule has 0 aliphatic heterocycles. The SMILES string of the molecule is CC(C)C[C@H](NC(F)(c1cc(Cl)cc(Cl)c1)C(F)F)C(=O)O. The van der Waals surface area contributed by atoms with E-state index in [1.807, 2.05) is 5.32 Å². The summed E-state index contributed by atoms with van der Waals surface area (Å²) in [7, 11) is 0. The lowest BCUT2D eigenvalue weighted by Gasteiger charge is -2.30. The van der Waals surface area contributed by atoms with E-state index in [4.69, 9.17) is 28.3 Å². The van der Waals surface area contributed by atoms with Gasteiger partial charge >= 0.3 is 5.97 Å².